The maximum absolute atomic E-state index is 11.5. The largest absolute Gasteiger partial charge is 0.480 e. The van der Waals surface area contributed by atoms with E-state index in [0.717, 1.165) is 0 Å². The number of anilines is 2. The number of hydrogen-bond donors (Lipinski definition) is 4. The van der Waals surface area contributed by atoms with Crippen molar-refractivity contribution in [3.63, 3.8) is 0 Å². The van der Waals surface area contributed by atoms with E-state index in [1.54, 1.807) is 60.7 Å². The van der Waals surface area contributed by atoms with E-state index in [2.05, 4.69) is 10.6 Å². The number of benzene rings is 2. The molecule has 6 nitrogen and oxygen atoms in total. The van der Waals surface area contributed by atoms with Crippen molar-refractivity contribution in [2.24, 2.45) is 0 Å². The number of rotatable bonds is 7. The molecule has 4 N–H and O–H groups in total. The van der Waals surface area contributed by atoms with Gasteiger partial charge < -0.3 is 20.8 Å². The average Bonchev–Trinajstić information content (AvgIpc) is 2.52. The van der Waals surface area contributed by atoms with Gasteiger partial charge in [0.15, 0.2) is 12.1 Å². The molecule has 0 saturated carbocycles. The van der Waals surface area contributed by atoms with E-state index in [-0.39, 0.29) is 0 Å². The molecule has 6 heteroatoms. The summed E-state index contributed by atoms with van der Waals surface area (Å²) in [5, 5.41) is 24.2. The molecule has 0 aliphatic heterocycles. The van der Waals surface area contributed by atoms with Crippen molar-refractivity contribution in [3.8, 4) is 0 Å². The minimum absolute atomic E-state index is 0.538. The van der Waals surface area contributed by atoms with E-state index >= 15 is 0 Å². The first-order valence-electron chi connectivity index (χ1n) is 6.66. The van der Waals surface area contributed by atoms with Gasteiger partial charge in [-0.25, -0.2) is 9.59 Å². The molecule has 0 heterocycles. The second kappa shape index (κ2) is 7.12. The summed E-state index contributed by atoms with van der Waals surface area (Å²) in [4.78, 5) is 22.9. The molecule has 2 aromatic carbocycles. The maximum atomic E-state index is 11.5. The van der Waals surface area contributed by atoms with Gasteiger partial charge in [0, 0.05) is 11.4 Å². The van der Waals surface area contributed by atoms with E-state index in [1.165, 1.54) is 0 Å². The third-order valence-electron chi connectivity index (χ3n) is 3.06. The summed E-state index contributed by atoms with van der Waals surface area (Å²) in [6, 6.07) is 14.6. The number of nitrogens with one attached hydrogen (secondary N) is 2. The fourth-order valence-electron chi connectivity index (χ4n) is 2.00. The Morgan fingerprint density at radius 2 is 1.00 bits per heavy atom. The first kappa shape index (κ1) is 15.4. The fraction of sp³-hybridized carbons (Fsp3) is 0.125. The molecule has 0 fully saturated rings. The number of carboxylic acid groups (broad SMARTS) is 2. The molecule has 0 aliphatic carbocycles. The zero-order chi connectivity index (χ0) is 15.9. The van der Waals surface area contributed by atoms with Crippen molar-refractivity contribution >= 4 is 23.3 Å². The second-order valence-electron chi connectivity index (χ2n) is 4.65. The van der Waals surface area contributed by atoms with Crippen molar-refractivity contribution in [3.05, 3.63) is 60.7 Å². The van der Waals surface area contributed by atoms with Crippen LogP contribution >= 0.6 is 0 Å². The molecule has 2 atom stereocenters. The fourth-order valence-corrected chi connectivity index (χ4v) is 2.00. The summed E-state index contributed by atoms with van der Waals surface area (Å²) >= 11 is 0. The molecule has 0 bridgehead atoms. The van der Waals surface area contributed by atoms with Crippen molar-refractivity contribution < 1.29 is 19.8 Å². The number of carboxylic acids is 2. The van der Waals surface area contributed by atoms with Gasteiger partial charge in [-0.15, -0.1) is 0 Å². The molecular formula is C16H16N2O4. The van der Waals surface area contributed by atoms with Crippen molar-refractivity contribution in [1.82, 2.24) is 0 Å². The van der Waals surface area contributed by atoms with Crippen LogP contribution in [-0.4, -0.2) is 34.2 Å². The van der Waals surface area contributed by atoms with E-state index in [0.29, 0.717) is 11.4 Å². The van der Waals surface area contributed by atoms with Gasteiger partial charge in [0.05, 0.1) is 0 Å². The number of para-hydroxylation sites is 2. The second-order valence-corrected chi connectivity index (χ2v) is 4.65. The first-order chi connectivity index (χ1) is 10.6. The topological polar surface area (TPSA) is 98.7 Å². The summed E-state index contributed by atoms with van der Waals surface area (Å²) < 4.78 is 0. The predicted molar refractivity (Wildman–Crippen MR) is 83.0 cm³/mol. The Morgan fingerprint density at radius 3 is 1.27 bits per heavy atom. The summed E-state index contributed by atoms with van der Waals surface area (Å²) in [6.07, 6.45) is 0. The predicted octanol–water partition coefficient (Wildman–Crippen LogP) is 2.12. The van der Waals surface area contributed by atoms with Crippen LogP contribution in [0.25, 0.3) is 0 Å². The lowest BCUT2D eigenvalue weighted by molar-refractivity contribution is -0.145. The molecule has 0 saturated heterocycles. The molecule has 0 spiro atoms. The molecule has 22 heavy (non-hydrogen) atoms. The lowest BCUT2D eigenvalue weighted by Gasteiger charge is -2.24. The average molecular weight is 300 g/mol. The molecule has 2 aromatic rings. The highest BCUT2D eigenvalue weighted by Crippen LogP contribution is 2.14. The zero-order valence-electron chi connectivity index (χ0n) is 11.6. The van der Waals surface area contributed by atoms with Crippen LogP contribution in [0.4, 0.5) is 11.4 Å². The molecule has 2 unspecified atom stereocenters. The highest BCUT2D eigenvalue weighted by Gasteiger charge is 2.33. The molecule has 0 amide bonds. The van der Waals surface area contributed by atoms with Gasteiger partial charge in [-0.1, -0.05) is 36.4 Å². The van der Waals surface area contributed by atoms with E-state index in [4.69, 9.17) is 0 Å². The van der Waals surface area contributed by atoms with Crippen molar-refractivity contribution in [1.29, 1.82) is 0 Å². The highest BCUT2D eigenvalue weighted by atomic mass is 16.4. The Kier molecular flexibility index (Phi) is 4.98. The lowest BCUT2D eigenvalue weighted by atomic mass is 10.1. The van der Waals surface area contributed by atoms with Crippen LogP contribution in [0.2, 0.25) is 0 Å². The highest BCUT2D eigenvalue weighted by molar-refractivity contribution is 5.89. The standard InChI is InChI=1S/C16H16N2O4/c19-15(20)13(17-11-7-3-1-4-8-11)14(16(21)22)18-12-9-5-2-6-10-12/h1-10,13-14,17-18H,(H,19,20)(H,21,22). The Labute approximate surface area is 127 Å². The third-order valence-corrected chi connectivity index (χ3v) is 3.06. The molecule has 2 rings (SSSR count). The van der Waals surface area contributed by atoms with Gasteiger partial charge in [0.1, 0.15) is 0 Å². The van der Waals surface area contributed by atoms with Gasteiger partial charge in [0.25, 0.3) is 0 Å². The summed E-state index contributed by atoms with van der Waals surface area (Å²) in [7, 11) is 0. The van der Waals surface area contributed by atoms with E-state index in [9.17, 15) is 19.8 Å². The van der Waals surface area contributed by atoms with Gasteiger partial charge in [0.2, 0.25) is 0 Å². The van der Waals surface area contributed by atoms with Gasteiger partial charge in [-0.3, -0.25) is 0 Å². The molecular weight excluding hydrogens is 284 g/mol. The Balaban J connectivity index is 2.22. The van der Waals surface area contributed by atoms with Crippen LogP contribution in [0.1, 0.15) is 0 Å². The number of hydrogen-bond acceptors (Lipinski definition) is 4. The van der Waals surface area contributed by atoms with Crippen LogP contribution in [0.5, 0.6) is 0 Å². The smallest absolute Gasteiger partial charge is 0.328 e. The summed E-state index contributed by atoms with van der Waals surface area (Å²) in [5.74, 6) is -2.50. The van der Waals surface area contributed by atoms with Crippen LogP contribution in [0.15, 0.2) is 60.7 Å². The van der Waals surface area contributed by atoms with Crippen LogP contribution < -0.4 is 10.6 Å². The van der Waals surface area contributed by atoms with Crippen LogP contribution in [0.3, 0.4) is 0 Å². The minimum atomic E-state index is -1.32. The summed E-state index contributed by atoms with van der Waals surface area (Å²) in [6.45, 7) is 0. The van der Waals surface area contributed by atoms with Crippen LogP contribution in [0, 0.1) is 0 Å². The molecule has 0 radical (unpaired) electrons. The Bertz CT molecular complexity index is 574. The maximum Gasteiger partial charge on any atom is 0.328 e. The Morgan fingerprint density at radius 1 is 0.682 bits per heavy atom. The Hall–Kier alpha value is -3.02. The molecule has 0 aliphatic rings. The lowest BCUT2D eigenvalue weighted by Crippen LogP contribution is -2.49. The van der Waals surface area contributed by atoms with Crippen molar-refractivity contribution in [2.45, 2.75) is 12.1 Å². The monoisotopic (exact) mass is 300 g/mol. The SMILES string of the molecule is O=C(O)C(Nc1ccccc1)C(Nc1ccccc1)C(=O)O. The zero-order valence-corrected chi connectivity index (χ0v) is 11.6. The molecule has 0 aromatic heterocycles. The third kappa shape index (κ3) is 3.99. The normalized spacial score (nSPS) is 12.9. The number of carbonyl (C=O) groups is 2. The van der Waals surface area contributed by atoms with E-state index in [1.807, 2.05) is 0 Å². The van der Waals surface area contributed by atoms with E-state index < -0.39 is 24.0 Å². The minimum Gasteiger partial charge on any atom is -0.480 e. The van der Waals surface area contributed by atoms with Gasteiger partial charge >= 0.3 is 11.9 Å². The van der Waals surface area contributed by atoms with Gasteiger partial charge in [-0.05, 0) is 24.3 Å². The summed E-state index contributed by atoms with van der Waals surface area (Å²) in [5.41, 5.74) is 1.08. The molecule has 114 valence electrons. The van der Waals surface area contributed by atoms with Crippen molar-refractivity contribution in [2.75, 3.05) is 10.6 Å². The van der Waals surface area contributed by atoms with Gasteiger partial charge in [-0.2, -0.15) is 0 Å². The quantitative estimate of drug-likeness (QED) is 0.625. The number of aliphatic carboxylic acids is 2. The first-order valence-corrected chi connectivity index (χ1v) is 6.66. The van der Waals surface area contributed by atoms with Crippen LogP contribution in [-0.2, 0) is 9.59 Å².